The second-order valence-electron chi connectivity index (χ2n) is 6.17. The van der Waals surface area contributed by atoms with Gasteiger partial charge < -0.3 is 10.6 Å². The van der Waals surface area contributed by atoms with E-state index in [1.807, 2.05) is 6.92 Å². The molecule has 1 aromatic carbocycles. The molecule has 0 saturated heterocycles. The first-order valence-corrected chi connectivity index (χ1v) is 10.4. The maximum Gasteiger partial charge on any atom is 0.238 e. The second-order valence-corrected chi connectivity index (χ2v) is 7.73. The molecule has 0 unspecified atom stereocenters. The maximum absolute atomic E-state index is 11.3. The summed E-state index contributed by atoms with van der Waals surface area (Å²) in [7, 11) is -3.65. The van der Waals surface area contributed by atoms with Gasteiger partial charge >= 0.3 is 0 Å². The number of hydrogen-bond donors (Lipinski definition) is 3. The van der Waals surface area contributed by atoms with Gasteiger partial charge in [-0.05, 0) is 56.7 Å². The maximum atomic E-state index is 11.3. The fourth-order valence-corrected chi connectivity index (χ4v) is 3.29. The molecule has 1 aliphatic carbocycles. The predicted octanol–water partition coefficient (Wildman–Crippen LogP) is 2.28. The fourth-order valence-electron chi connectivity index (χ4n) is 2.77. The molecule has 25 heavy (non-hydrogen) atoms. The molecule has 1 aliphatic rings. The Morgan fingerprint density at radius 2 is 1.96 bits per heavy atom. The number of guanidine groups is 1. The topological polar surface area (TPSA) is 96.6 Å². The molecule has 4 N–H and O–H groups in total. The molecule has 138 valence electrons. The Kier molecular flexibility index (Phi) is 7.46. The van der Waals surface area contributed by atoms with Gasteiger partial charge in [-0.3, -0.25) is 0 Å². The highest BCUT2D eigenvalue weighted by Gasteiger charge is 2.07. The van der Waals surface area contributed by atoms with Crippen molar-refractivity contribution in [2.45, 2.75) is 50.5 Å². The van der Waals surface area contributed by atoms with E-state index in [2.05, 4.69) is 21.7 Å². The van der Waals surface area contributed by atoms with E-state index in [-0.39, 0.29) is 4.90 Å². The van der Waals surface area contributed by atoms with Crippen LogP contribution in [-0.4, -0.2) is 27.5 Å². The highest BCUT2D eigenvalue weighted by Crippen LogP contribution is 2.19. The normalized spacial score (nSPS) is 15.6. The molecular formula is C18H28N4O2S. The Morgan fingerprint density at radius 1 is 1.20 bits per heavy atom. The van der Waals surface area contributed by atoms with Crippen LogP contribution in [0.2, 0.25) is 0 Å². The van der Waals surface area contributed by atoms with Gasteiger partial charge in [0.05, 0.1) is 11.4 Å². The molecule has 1 aromatic rings. The first-order chi connectivity index (χ1) is 12.0. The van der Waals surface area contributed by atoms with Crippen molar-refractivity contribution in [3.05, 3.63) is 41.5 Å². The van der Waals surface area contributed by atoms with Gasteiger partial charge in [0.2, 0.25) is 10.0 Å². The van der Waals surface area contributed by atoms with Gasteiger partial charge in [-0.1, -0.05) is 23.8 Å². The monoisotopic (exact) mass is 364 g/mol. The highest BCUT2D eigenvalue weighted by molar-refractivity contribution is 7.89. The first-order valence-electron chi connectivity index (χ1n) is 8.81. The summed E-state index contributed by atoms with van der Waals surface area (Å²) < 4.78 is 22.5. The van der Waals surface area contributed by atoms with Crippen molar-refractivity contribution < 1.29 is 8.42 Å². The van der Waals surface area contributed by atoms with Crippen LogP contribution in [0.5, 0.6) is 0 Å². The Labute approximate surface area is 150 Å². The summed E-state index contributed by atoms with van der Waals surface area (Å²) in [6.45, 7) is 4.16. The number of primary sulfonamides is 1. The lowest BCUT2D eigenvalue weighted by Crippen LogP contribution is -2.37. The first kappa shape index (κ1) is 19.5. The standard InChI is InChI=1S/C18H28N4O2S/c1-2-20-18(21-13-12-15-6-4-3-5-7-15)22-14-16-8-10-17(11-9-16)25(19,23)24/h6,8-11H,2-5,7,12-14H2,1H3,(H2,19,23,24)(H2,20,21,22). The molecule has 0 amide bonds. The van der Waals surface area contributed by atoms with Crippen molar-refractivity contribution in [3.8, 4) is 0 Å². The van der Waals surface area contributed by atoms with Crippen molar-refractivity contribution in [2.24, 2.45) is 10.1 Å². The van der Waals surface area contributed by atoms with Crippen LogP contribution in [0, 0.1) is 0 Å². The van der Waals surface area contributed by atoms with Crippen LogP contribution in [0.15, 0.2) is 45.8 Å². The van der Waals surface area contributed by atoms with Crippen LogP contribution in [-0.2, 0) is 16.6 Å². The number of benzene rings is 1. The summed E-state index contributed by atoms with van der Waals surface area (Å²) in [5, 5.41) is 11.7. The molecule has 0 aliphatic heterocycles. The average Bonchev–Trinajstić information content (AvgIpc) is 2.60. The molecule has 0 heterocycles. The van der Waals surface area contributed by atoms with Gasteiger partial charge in [-0.15, -0.1) is 0 Å². The minimum absolute atomic E-state index is 0.117. The van der Waals surface area contributed by atoms with Crippen LogP contribution in [0.4, 0.5) is 0 Å². The Hall–Kier alpha value is -1.86. The number of aliphatic imine (C=N–C) groups is 1. The van der Waals surface area contributed by atoms with E-state index >= 15 is 0 Å². The number of nitrogens with zero attached hydrogens (tertiary/aromatic N) is 1. The molecule has 0 atom stereocenters. The van der Waals surface area contributed by atoms with Crippen LogP contribution in [0.3, 0.4) is 0 Å². The van der Waals surface area contributed by atoms with Crippen LogP contribution < -0.4 is 15.8 Å². The van der Waals surface area contributed by atoms with Crippen molar-refractivity contribution >= 4 is 16.0 Å². The highest BCUT2D eigenvalue weighted by atomic mass is 32.2. The lowest BCUT2D eigenvalue weighted by atomic mass is 9.97. The molecule has 0 spiro atoms. The zero-order valence-corrected chi connectivity index (χ0v) is 15.6. The smallest absolute Gasteiger partial charge is 0.238 e. The SMILES string of the molecule is CCNC(=NCc1ccc(S(N)(=O)=O)cc1)NCCC1=CCCCC1. The van der Waals surface area contributed by atoms with Crippen LogP contribution >= 0.6 is 0 Å². The molecule has 6 nitrogen and oxygen atoms in total. The summed E-state index contributed by atoms with van der Waals surface area (Å²) in [4.78, 5) is 4.67. The molecule has 0 aromatic heterocycles. The number of hydrogen-bond acceptors (Lipinski definition) is 3. The lowest BCUT2D eigenvalue weighted by molar-refractivity contribution is 0.598. The minimum atomic E-state index is -3.65. The predicted molar refractivity (Wildman–Crippen MR) is 102 cm³/mol. The largest absolute Gasteiger partial charge is 0.357 e. The minimum Gasteiger partial charge on any atom is -0.357 e. The van der Waals surface area contributed by atoms with Gasteiger partial charge in [0.15, 0.2) is 5.96 Å². The van der Waals surface area contributed by atoms with E-state index in [1.54, 1.807) is 12.1 Å². The fraction of sp³-hybridized carbons (Fsp3) is 0.500. The van der Waals surface area contributed by atoms with E-state index in [0.29, 0.717) is 6.54 Å². The van der Waals surface area contributed by atoms with Crippen molar-refractivity contribution in [2.75, 3.05) is 13.1 Å². The number of sulfonamides is 1. The zero-order chi connectivity index (χ0) is 18.1. The molecule has 2 rings (SSSR count). The summed E-state index contributed by atoms with van der Waals surface area (Å²) >= 11 is 0. The molecular weight excluding hydrogens is 336 g/mol. The van der Waals surface area contributed by atoms with Gasteiger partial charge in [0.1, 0.15) is 0 Å². The number of rotatable bonds is 7. The summed E-state index contributed by atoms with van der Waals surface area (Å²) in [5.41, 5.74) is 2.47. The summed E-state index contributed by atoms with van der Waals surface area (Å²) in [6, 6.07) is 6.49. The molecule has 7 heteroatoms. The van der Waals surface area contributed by atoms with Crippen molar-refractivity contribution in [1.82, 2.24) is 10.6 Å². The quantitative estimate of drug-likeness (QED) is 0.393. The van der Waals surface area contributed by atoms with E-state index in [0.717, 1.165) is 31.0 Å². The molecule has 0 radical (unpaired) electrons. The zero-order valence-electron chi connectivity index (χ0n) is 14.8. The van der Waals surface area contributed by atoms with Crippen LogP contribution in [0.25, 0.3) is 0 Å². The summed E-state index contributed by atoms with van der Waals surface area (Å²) in [6.07, 6.45) is 8.44. The second kappa shape index (κ2) is 9.58. The number of allylic oxidation sites excluding steroid dienone is 1. The van der Waals surface area contributed by atoms with Crippen molar-refractivity contribution in [3.63, 3.8) is 0 Å². The molecule has 0 saturated carbocycles. The van der Waals surface area contributed by atoms with E-state index in [9.17, 15) is 8.42 Å². The van der Waals surface area contributed by atoms with E-state index in [4.69, 9.17) is 5.14 Å². The van der Waals surface area contributed by atoms with Crippen molar-refractivity contribution in [1.29, 1.82) is 0 Å². The molecule has 0 bridgehead atoms. The Morgan fingerprint density at radius 3 is 2.56 bits per heavy atom. The number of nitrogens with two attached hydrogens (primary N) is 1. The summed E-state index contributed by atoms with van der Waals surface area (Å²) in [5.74, 6) is 0.773. The Balaban J connectivity index is 1.88. The van der Waals surface area contributed by atoms with Gasteiger partial charge in [0, 0.05) is 13.1 Å². The average molecular weight is 365 g/mol. The Bertz CT molecular complexity index is 709. The molecule has 0 fully saturated rings. The van der Waals surface area contributed by atoms with Gasteiger partial charge in [-0.25, -0.2) is 18.5 Å². The van der Waals surface area contributed by atoms with Gasteiger partial charge in [-0.2, -0.15) is 0 Å². The third-order valence-corrected chi connectivity index (χ3v) is 5.07. The van der Waals surface area contributed by atoms with Crippen LogP contribution in [0.1, 0.15) is 44.6 Å². The number of nitrogens with one attached hydrogen (secondary N) is 2. The van der Waals surface area contributed by atoms with E-state index in [1.165, 1.54) is 43.4 Å². The van der Waals surface area contributed by atoms with Gasteiger partial charge in [0.25, 0.3) is 0 Å². The third kappa shape index (κ3) is 6.88. The lowest BCUT2D eigenvalue weighted by Gasteiger charge is -2.15. The van der Waals surface area contributed by atoms with E-state index < -0.39 is 10.0 Å². The third-order valence-electron chi connectivity index (χ3n) is 4.14.